The van der Waals surface area contributed by atoms with Crippen molar-refractivity contribution in [1.82, 2.24) is 15.5 Å². The molecule has 0 aromatic heterocycles. The fraction of sp³-hybridized carbons (Fsp3) is 0.588. The summed E-state index contributed by atoms with van der Waals surface area (Å²) in [6.45, 7) is 2.01. The molecule has 1 aromatic carbocycles. The van der Waals surface area contributed by atoms with Gasteiger partial charge in [0.2, 0.25) is 0 Å². The number of nitrogens with one attached hydrogen (secondary N) is 2. The van der Waals surface area contributed by atoms with Gasteiger partial charge in [-0.3, -0.25) is 0 Å². The lowest BCUT2D eigenvalue weighted by molar-refractivity contribution is 0.173. The van der Waals surface area contributed by atoms with E-state index < -0.39 is 0 Å². The Hall–Kier alpha value is -1.55. The molecule has 1 fully saturated rings. The summed E-state index contributed by atoms with van der Waals surface area (Å²) in [5, 5.41) is 6.19. The first kappa shape index (κ1) is 15.8. The topological polar surface area (TPSA) is 44.4 Å². The van der Waals surface area contributed by atoms with Crippen LogP contribution in [0.25, 0.3) is 0 Å². The highest BCUT2D eigenvalue weighted by molar-refractivity contribution is 5.74. The second kappa shape index (κ2) is 7.46. The maximum absolute atomic E-state index is 12.2. The summed E-state index contributed by atoms with van der Waals surface area (Å²) in [4.78, 5) is 14.4. The van der Waals surface area contributed by atoms with Crippen molar-refractivity contribution < 1.29 is 4.79 Å². The zero-order valence-electron chi connectivity index (χ0n) is 13.3. The second-order valence-corrected chi connectivity index (χ2v) is 6.17. The number of carbonyl (C=O) groups excluding carboxylic acids is 1. The zero-order valence-corrected chi connectivity index (χ0v) is 13.3. The third kappa shape index (κ3) is 4.46. The predicted octanol–water partition coefficient (Wildman–Crippen LogP) is 2.92. The van der Waals surface area contributed by atoms with Crippen LogP contribution in [0.1, 0.15) is 44.2 Å². The van der Waals surface area contributed by atoms with Gasteiger partial charge in [0.25, 0.3) is 0 Å². The molecule has 4 nitrogen and oxygen atoms in total. The second-order valence-electron chi connectivity index (χ2n) is 6.17. The number of hydrogen-bond donors (Lipinski definition) is 2. The van der Waals surface area contributed by atoms with Crippen molar-refractivity contribution in [2.24, 2.45) is 0 Å². The van der Waals surface area contributed by atoms with Crippen molar-refractivity contribution in [1.29, 1.82) is 0 Å². The highest BCUT2D eigenvalue weighted by atomic mass is 16.2. The normalized spacial score (nSPS) is 23.6. The van der Waals surface area contributed by atoms with Gasteiger partial charge in [-0.1, -0.05) is 43.2 Å². The van der Waals surface area contributed by atoms with Gasteiger partial charge in [0.15, 0.2) is 0 Å². The van der Waals surface area contributed by atoms with Crippen LogP contribution in [0, 0.1) is 0 Å². The monoisotopic (exact) mass is 289 g/mol. The number of likely N-dealkylation sites (N-methyl/N-ethyl adjacent to an activating group) is 1. The minimum atomic E-state index is -0.0647. The van der Waals surface area contributed by atoms with Gasteiger partial charge in [0, 0.05) is 12.1 Å². The largest absolute Gasteiger partial charge is 0.334 e. The lowest BCUT2D eigenvalue weighted by Crippen LogP contribution is -2.53. The average molecular weight is 289 g/mol. The van der Waals surface area contributed by atoms with Gasteiger partial charge in [0.1, 0.15) is 0 Å². The van der Waals surface area contributed by atoms with Crippen molar-refractivity contribution in [3.8, 4) is 0 Å². The maximum atomic E-state index is 12.2. The molecule has 21 heavy (non-hydrogen) atoms. The summed E-state index contributed by atoms with van der Waals surface area (Å²) in [5.74, 6) is 0. The molecule has 0 aliphatic heterocycles. The Balaban J connectivity index is 1.88. The maximum Gasteiger partial charge on any atom is 0.315 e. The minimum Gasteiger partial charge on any atom is -0.334 e. The molecule has 2 amide bonds. The Bertz CT molecular complexity index is 447. The van der Waals surface area contributed by atoms with Crippen LogP contribution in [-0.4, -0.2) is 37.1 Å². The van der Waals surface area contributed by atoms with Crippen LogP contribution in [0.3, 0.4) is 0 Å². The van der Waals surface area contributed by atoms with Crippen LogP contribution in [0.2, 0.25) is 0 Å². The summed E-state index contributed by atoms with van der Waals surface area (Å²) in [5.41, 5.74) is 1.13. The van der Waals surface area contributed by atoms with Crippen molar-refractivity contribution in [2.45, 2.75) is 50.7 Å². The first-order valence-corrected chi connectivity index (χ1v) is 7.86. The number of hydrogen-bond acceptors (Lipinski definition) is 2. The summed E-state index contributed by atoms with van der Waals surface area (Å²) in [7, 11) is 4.18. The molecule has 0 heterocycles. The molecule has 1 aliphatic carbocycles. The third-order valence-electron chi connectivity index (χ3n) is 4.36. The van der Waals surface area contributed by atoms with Crippen LogP contribution < -0.4 is 10.6 Å². The number of amides is 2. The molecule has 1 aliphatic rings. The van der Waals surface area contributed by atoms with E-state index >= 15 is 0 Å². The fourth-order valence-corrected chi connectivity index (χ4v) is 3.13. The highest BCUT2D eigenvalue weighted by Crippen LogP contribution is 2.21. The molecule has 0 unspecified atom stereocenters. The quantitative estimate of drug-likeness (QED) is 0.895. The van der Waals surface area contributed by atoms with E-state index in [4.69, 9.17) is 0 Å². The fourth-order valence-electron chi connectivity index (χ4n) is 3.13. The van der Waals surface area contributed by atoms with Crippen LogP contribution in [0.5, 0.6) is 0 Å². The van der Waals surface area contributed by atoms with Crippen LogP contribution in [0.15, 0.2) is 30.3 Å². The molecule has 3 atom stereocenters. The number of rotatable bonds is 4. The standard InChI is InChI=1S/C17H27N3O/c1-13(14-9-5-4-6-10-14)18-17(21)19-15-11-7-8-12-16(15)20(2)3/h4-6,9-10,13,15-16H,7-8,11-12H2,1-3H3,(H2,18,19,21)/t13-,15+,16+/m0/s1. The van der Waals surface area contributed by atoms with Gasteiger partial charge in [-0.25, -0.2) is 4.79 Å². The van der Waals surface area contributed by atoms with Crippen molar-refractivity contribution in [2.75, 3.05) is 14.1 Å². The molecular weight excluding hydrogens is 262 g/mol. The lowest BCUT2D eigenvalue weighted by Gasteiger charge is -2.36. The molecule has 4 heteroatoms. The van der Waals surface area contributed by atoms with E-state index in [2.05, 4.69) is 29.6 Å². The van der Waals surface area contributed by atoms with Crippen LogP contribution in [0.4, 0.5) is 4.79 Å². The van der Waals surface area contributed by atoms with Gasteiger partial charge in [-0.2, -0.15) is 0 Å². The van der Waals surface area contributed by atoms with Gasteiger partial charge >= 0.3 is 6.03 Å². The summed E-state index contributed by atoms with van der Waals surface area (Å²) in [6.07, 6.45) is 4.68. The SMILES string of the molecule is C[C@H](NC(=O)N[C@@H]1CCCC[C@H]1N(C)C)c1ccccc1. The Kier molecular flexibility index (Phi) is 5.62. The third-order valence-corrected chi connectivity index (χ3v) is 4.36. The van der Waals surface area contributed by atoms with Gasteiger partial charge in [-0.05, 0) is 39.4 Å². The van der Waals surface area contributed by atoms with Gasteiger partial charge in [-0.15, -0.1) is 0 Å². The number of urea groups is 1. The molecule has 0 saturated heterocycles. The van der Waals surface area contributed by atoms with Crippen LogP contribution >= 0.6 is 0 Å². The number of nitrogens with zero attached hydrogens (tertiary/aromatic N) is 1. The Morgan fingerprint density at radius 3 is 2.52 bits per heavy atom. The Morgan fingerprint density at radius 1 is 1.19 bits per heavy atom. The molecule has 1 saturated carbocycles. The van der Waals surface area contributed by atoms with Crippen LogP contribution in [-0.2, 0) is 0 Å². The Labute approximate surface area is 127 Å². The average Bonchev–Trinajstić information content (AvgIpc) is 2.48. The first-order valence-electron chi connectivity index (χ1n) is 7.86. The summed E-state index contributed by atoms with van der Waals surface area (Å²) < 4.78 is 0. The van der Waals surface area contributed by atoms with E-state index in [9.17, 15) is 4.79 Å². The van der Waals surface area contributed by atoms with Gasteiger partial charge in [0.05, 0.1) is 6.04 Å². The van der Waals surface area contributed by atoms with E-state index in [1.54, 1.807) is 0 Å². The Morgan fingerprint density at radius 2 is 1.86 bits per heavy atom. The smallest absolute Gasteiger partial charge is 0.315 e. The molecule has 0 spiro atoms. The molecule has 0 radical (unpaired) electrons. The summed E-state index contributed by atoms with van der Waals surface area (Å²) in [6, 6.07) is 10.7. The van der Waals surface area contributed by atoms with Gasteiger partial charge < -0.3 is 15.5 Å². The molecule has 0 bridgehead atoms. The zero-order chi connectivity index (χ0) is 15.2. The molecule has 2 rings (SSSR count). The van der Waals surface area contributed by atoms with Crippen molar-refractivity contribution in [3.05, 3.63) is 35.9 Å². The van der Waals surface area contributed by atoms with E-state index in [0.29, 0.717) is 6.04 Å². The van der Waals surface area contributed by atoms with E-state index in [1.807, 2.05) is 37.3 Å². The van der Waals surface area contributed by atoms with Crippen molar-refractivity contribution in [3.63, 3.8) is 0 Å². The van der Waals surface area contributed by atoms with E-state index in [1.165, 1.54) is 12.8 Å². The van der Waals surface area contributed by atoms with E-state index in [0.717, 1.165) is 18.4 Å². The highest BCUT2D eigenvalue weighted by Gasteiger charge is 2.28. The van der Waals surface area contributed by atoms with Crippen molar-refractivity contribution >= 4 is 6.03 Å². The molecule has 116 valence electrons. The molecule has 1 aromatic rings. The van der Waals surface area contributed by atoms with E-state index in [-0.39, 0.29) is 18.1 Å². The summed E-state index contributed by atoms with van der Waals surface area (Å²) >= 11 is 0. The number of carbonyl (C=O) groups is 1. The lowest BCUT2D eigenvalue weighted by atomic mass is 9.89. The minimum absolute atomic E-state index is 0.0209. The number of benzene rings is 1. The molecule has 2 N–H and O–H groups in total. The first-order chi connectivity index (χ1) is 10.1. The predicted molar refractivity (Wildman–Crippen MR) is 86.3 cm³/mol. The molecular formula is C17H27N3O.